The van der Waals surface area contributed by atoms with E-state index >= 15 is 0 Å². The first kappa shape index (κ1) is 14.3. The highest BCUT2D eigenvalue weighted by Gasteiger charge is 2.24. The average Bonchev–Trinajstić information content (AvgIpc) is 2.46. The lowest BCUT2D eigenvalue weighted by Gasteiger charge is -2.33. The van der Waals surface area contributed by atoms with Crippen molar-refractivity contribution in [1.29, 1.82) is 0 Å². The quantitative estimate of drug-likeness (QED) is 0.765. The molecule has 0 aromatic heterocycles. The van der Waals surface area contributed by atoms with Crippen LogP contribution in [-0.4, -0.2) is 61.0 Å². The number of ether oxygens (including phenoxy) is 1. The van der Waals surface area contributed by atoms with Gasteiger partial charge >= 0.3 is 0 Å². The Morgan fingerprint density at radius 3 is 2.89 bits per heavy atom. The van der Waals surface area contributed by atoms with Gasteiger partial charge in [0.05, 0.1) is 6.10 Å². The normalized spacial score (nSPS) is 24.7. The first-order valence-electron chi connectivity index (χ1n) is 7.29. The highest BCUT2D eigenvalue weighted by molar-refractivity contribution is 5.79. The molecule has 1 atom stereocenters. The van der Waals surface area contributed by atoms with Gasteiger partial charge in [0.15, 0.2) is 0 Å². The van der Waals surface area contributed by atoms with Gasteiger partial charge in [-0.25, -0.2) is 0 Å². The predicted molar refractivity (Wildman–Crippen MR) is 71.7 cm³/mol. The van der Waals surface area contributed by atoms with Gasteiger partial charge in [0.25, 0.3) is 0 Å². The molecule has 0 aliphatic carbocycles. The van der Waals surface area contributed by atoms with E-state index in [1.165, 1.54) is 0 Å². The second-order valence-corrected chi connectivity index (χ2v) is 5.43. The van der Waals surface area contributed by atoms with Gasteiger partial charge < -0.3 is 14.5 Å². The van der Waals surface area contributed by atoms with Crippen molar-refractivity contribution < 1.29 is 14.3 Å². The van der Waals surface area contributed by atoms with Crippen LogP contribution in [0, 0.1) is 0 Å². The molecule has 19 heavy (non-hydrogen) atoms. The van der Waals surface area contributed by atoms with E-state index in [-0.39, 0.29) is 17.9 Å². The number of carbonyl (C=O) groups is 2. The van der Waals surface area contributed by atoms with E-state index in [1.807, 2.05) is 9.80 Å². The molecule has 2 aliphatic rings. The maximum absolute atomic E-state index is 12.1. The Bertz CT molecular complexity index is 333. The fourth-order valence-corrected chi connectivity index (χ4v) is 2.84. The zero-order valence-electron chi connectivity index (χ0n) is 11.8. The molecule has 0 radical (unpaired) electrons. The van der Waals surface area contributed by atoms with Crippen LogP contribution in [0.15, 0.2) is 0 Å². The summed E-state index contributed by atoms with van der Waals surface area (Å²) in [6, 6.07) is 0. The van der Waals surface area contributed by atoms with Gasteiger partial charge in [0, 0.05) is 46.1 Å². The van der Waals surface area contributed by atoms with E-state index in [0.717, 1.165) is 38.8 Å². The van der Waals surface area contributed by atoms with Crippen molar-refractivity contribution in [3.8, 4) is 0 Å². The Morgan fingerprint density at radius 2 is 2.16 bits per heavy atom. The maximum Gasteiger partial charge on any atom is 0.224 e. The largest absolute Gasteiger partial charge is 0.380 e. The van der Waals surface area contributed by atoms with E-state index in [9.17, 15) is 9.59 Å². The molecule has 0 spiro atoms. The molecule has 0 aromatic carbocycles. The van der Waals surface area contributed by atoms with Crippen molar-refractivity contribution in [2.45, 2.75) is 44.6 Å². The van der Waals surface area contributed by atoms with Crippen LogP contribution < -0.4 is 0 Å². The minimum absolute atomic E-state index is 0.153. The Morgan fingerprint density at radius 1 is 1.32 bits per heavy atom. The smallest absolute Gasteiger partial charge is 0.224 e. The van der Waals surface area contributed by atoms with Crippen molar-refractivity contribution in [2.24, 2.45) is 0 Å². The summed E-state index contributed by atoms with van der Waals surface area (Å²) >= 11 is 0. The van der Waals surface area contributed by atoms with Crippen LogP contribution in [0.2, 0.25) is 0 Å². The molecule has 2 heterocycles. The number of rotatable bonds is 4. The van der Waals surface area contributed by atoms with Crippen molar-refractivity contribution in [2.75, 3.05) is 33.3 Å². The number of piperidine rings is 2. The highest BCUT2D eigenvalue weighted by Crippen LogP contribution is 2.15. The lowest BCUT2D eigenvalue weighted by Crippen LogP contribution is -2.44. The van der Waals surface area contributed by atoms with Crippen molar-refractivity contribution in [3.63, 3.8) is 0 Å². The standard InChI is InChI=1S/C14H24N2O3/c1-19-12-5-4-9-16(11-12)14(18)7-10-15-8-3-2-6-13(15)17/h12H,2-11H2,1H3/t12-/m0/s1. The molecule has 2 amide bonds. The third-order valence-electron chi connectivity index (χ3n) is 4.08. The molecule has 2 rings (SSSR count). The van der Waals surface area contributed by atoms with E-state index in [4.69, 9.17) is 4.74 Å². The highest BCUT2D eigenvalue weighted by atomic mass is 16.5. The van der Waals surface area contributed by atoms with Crippen LogP contribution in [0.25, 0.3) is 0 Å². The third-order valence-corrected chi connectivity index (χ3v) is 4.08. The molecular weight excluding hydrogens is 244 g/mol. The second kappa shape index (κ2) is 6.89. The number of hydrogen-bond donors (Lipinski definition) is 0. The van der Waals surface area contributed by atoms with Crippen LogP contribution in [0.3, 0.4) is 0 Å². The van der Waals surface area contributed by atoms with E-state index < -0.39 is 0 Å². The molecule has 5 heteroatoms. The summed E-state index contributed by atoms with van der Waals surface area (Å²) in [4.78, 5) is 27.5. The molecular formula is C14H24N2O3. The summed E-state index contributed by atoms with van der Waals surface area (Å²) in [5.41, 5.74) is 0. The fourth-order valence-electron chi connectivity index (χ4n) is 2.84. The van der Waals surface area contributed by atoms with Crippen LogP contribution >= 0.6 is 0 Å². The lowest BCUT2D eigenvalue weighted by atomic mass is 10.1. The Balaban J connectivity index is 1.75. The number of likely N-dealkylation sites (tertiary alicyclic amines) is 2. The third kappa shape index (κ3) is 3.93. The number of nitrogens with zero attached hydrogens (tertiary/aromatic N) is 2. The molecule has 2 aliphatic heterocycles. The van der Waals surface area contributed by atoms with E-state index in [0.29, 0.717) is 25.9 Å². The Hall–Kier alpha value is -1.10. The summed E-state index contributed by atoms with van der Waals surface area (Å²) < 4.78 is 5.32. The second-order valence-electron chi connectivity index (χ2n) is 5.43. The summed E-state index contributed by atoms with van der Waals surface area (Å²) in [5.74, 6) is 0.354. The molecule has 0 unspecified atom stereocenters. The number of amides is 2. The average molecular weight is 268 g/mol. The van der Waals surface area contributed by atoms with Crippen molar-refractivity contribution in [1.82, 2.24) is 9.80 Å². The van der Waals surface area contributed by atoms with Crippen LogP contribution in [0.5, 0.6) is 0 Å². The Kier molecular flexibility index (Phi) is 5.19. The first-order chi connectivity index (χ1) is 9.20. The monoisotopic (exact) mass is 268 g/mol. The zero-order chi connectivity index (χ0) is 13.7. The molecule has 0 saturated carbocycles. The van der Waals surface area contributed by atoms with Gasteiger partial charge in [0.1, 0.15) is 0 Å². The summed E-state index contributed by atoms with van der Waals surface area (Å²) in [7, 11) is 1.70. The van der Waals surface area contributed by atoms with Gasteiger partial charge in [-0.2, -0.15) is 0 Å². The lowest BCUT2D eigenvalue weighted by molar-refractivity contribution is -0.137. The molecule has 0 aromatic rings. The minimum Gasteiger partial charge on any atom is -0.380 e. The van der Waals surface area contributed by atoms with Crippen molar-refractivity contribution >= 4 is 11.8 Å². The van der Waals surface area contributed by atoms with Gasteiger partial charge in [-0.3, -0.25) is 9.59 Å². The first-order valence-corrected chi connectivity index (χ1v) is 7.29. The topological polar surface area (TPSA) is 49.9 Å². The van der Waals surface area contributed by atoms with Crippen LogP contribution in [0.1, 0.15) is 38.5 Å². The minimum atomic E-state index is 0.153. The van der Waals surface area contributed by atoms with E-state index in [2.05, 4.69) is 0 Å². The summed E-state index contributed by atoms with van der Waals surface area (Å²) in [6.45, 7) is 2.91. The summed E-state index contributed by atoms with van der Waals surface area (Å²) in [6.07, 6.45) is 5.36. The molecule has 0 bridgehead atoms. The number of methoxy groups -OCH3 is 1. The zero-order valence-corrected chi connectivity index (χ0v) is 11.8. The number of carbonyl (C=O) groups excluding carboxylic acids is 2. The van der Waals surface area contributed by atoms with Crippen LogP contribution in [-0.2, 0) is 14.3 Å². The Labute approximate surface area is 114 Å². The van der Waals surface area contributed by atoms with E-state index in [1.54, 1.807) is 7.11 Å². The molecule has 0 N–H and O–H groups in total. The van der Waals surface area contributed by atoms with Gasteiger partial charge in [-0.05, 0) is 25.7 Å². The maximum atomic E-state index is 12.1. The van der Waals surface area contributed by atoms with Gasteiger partial charge in [-0.15, -0.1) is 0 Å². The van der Waals surface area contributed by atoms with Crippen molar-refractivity contribution in [3.05, 3.63) is 0 Å². The fraction of sp³-hybridized carbons (Fsp3) is 0.857. The molecule has 5 nitrogen and oxygen atoms in total. The van der Waals surface area contributed by atoms with Gasteiger partial charge in [0.2, 0.25) is 11.8 Å². The predicted octanol–water partition coefficient (Wildman–Crippen LogP) is 1.03. The number of hydrogen-bond acceptors (Lipinski definition) is 3. The van der Waals surface area contributed by atoms with Crippen LogP contribution in [0.4, 0.5) is 0 Å². The molecule has 108 valence electrons. The molecule has 2 saturated heterocycles. The SMILES string of the molecule is CO[C@H]1CCCN(C(=O)CCN2CCCCC2=O)C1. The summed E-state index contributed by atoms with van der Waals surface area (Å²) in [5, 5.41) is 0. The van der Waals surface area contributed by atoms with Gasteiger partial charge in [-0.1, -0.05) is 0 Å². The molecule has 2 fully saturated rings.